The fourth-order valence-electron chi connectivity index (χ4n) is 1.59. The van der Waals surface area contributed by atoms with Crippen molar-refractivity contribution in [1.29, 1.82) is 0 Å². The van der Waals surface area contributed by atoms with Crippen molar-refractivity contribution in [2.45, 2.75) is 59.1 Å². The maximum atomic E-state index is 11.6. The first-order chi connectivity index (χ1) is 9.64. The second-order valence-corrected chi connectivity index (χ2v) is 6.91. The lowest BCUT2D eigenvalue weighted by atomic mass is 10.1. The van der Waals surface area contributed by atoms with E-state index < -0.39 is 17.7 Å². The summed E-state index contributed by atoms with van der Waals surface area (Å²) in [5, 5.41) is 12.3. The van der Waals surface area contributed by atoms with E-state index in [0.717, 1.165) is 11.3 Å². The van der Waals surface area contributed by atoms with Crippen LogP contribution in [0.25, 0.3) is 0 Å². The fraction of sp³-hybridized carbons (Fsp3) is 0.643. The zero-order valence-corrected chi connectivity index (χ0v) is 13.8. The Kier molecular flexibility index (Phi) is 5.71. The Morgan fingerprint density at radius 1 is 1.43 bits per heavy atom. The van der Waals surface area contributed by atoms with Crippen molar-refractivity contribution in [3.05, 3.63) is 15.6 Å². The number of carbonyl (C=O) groups is 2. The van der Waals surface area contributed by atoms with Gasteiger partial charge in [-0.1, -0.05) is 13.8 Å². The number of carbonyl (C=O) groups excluding carboxylic acids is 1. The second-order valence-electron chi connectivity index (χ2n) is 5.79. The number of carboxylic acids is 1. The highest BCUT2D eigenvalue weighted by Crippen LogP contribution is 2.29. The van der Waals surface area contributed by atoms with E-state index in [2.05, 4.69) is 10.3 Å². The molecule has 118 valence electrons. The van der Waals surface area contributed by atoms with Crippen LogP contribution >= 0.6 is 11.3 Å². The molecule has 7 heteroatoms. The largest absolute Gasteiger partial charge is 0.476 e. The van der Waals surface area contributed by atoms with Gasteiger partial charge in [0.2, 0.25) is 0 Å². The number of nitrogens with one attached hydrogen (secondary N) is 1. The van der Waals surface area contributed by atoms with Crippen LogP contribution in [-0.2, 0) is 11.3 Å². The molecule has 0 fully saturated rings. The third-order valence-electron chi connectivity index (χ3n) is 2.74. The summed E-state index contributed by atoms with van der Waals surface area (Å²) >= 11 is 1.32. The molecule has 0 aliphatic rings. The number of rotatable bonds is 5. The first kappa shape index (κ1) is 17.4. The summed E-state index contributed by atoms with van der Waals surface area (Å²) in [5.41, 5.74) is -0.489. The molecule has 0 unspecified atom stereocenters. The number of hydrogen-bond donors (Lipinski definition) is 2. The molecule has 0 saturated carbocycles. The topological polar surface area (TPSA) is 88.5 Å². The molecule has 0 saturated heterocycles. The first-order valence-electron chi connectivity index (χ1n) is 6.83. The molecular weight excluding hydrogens is 292 g/mol. The molecule has 2 N–H and O–H groups in total. The van der Waals surface area contributed by atoms with Crippen molar-refractivity contribution in [2.24, 2.45) is 0 Å². The van der Waals surface area contributed by atoms with Gasteiger partial charge in [0.15, 0.2) is 5.69 Å². The van der Waals surface area contributed by atoms with Gasteiger partial charge in [0.05, 0.1) is 6.54 Å². The minimum atomic E-state index is -1.04. The highest BCUT2D eigenvalue weighted by Gasteiger charge is 2.22. The molecule has 0 aliphatic heterocycles. The van der Waals surface area contributed by atoms with Crippen molar-refractivity contribution in [3.63, 3.8) is 0 Å². The van der Waals surface area contributed by atoms with Gasteiger partial charge in [0, 0.05) is 4.88 Å². The van der Waals surface area contributed by atoms with E-state index in [9.17, 15) is 14.7 Å². The number of hydrogen-bond acceptors (Lipinski definition) is 5. The number of alkyl carbamates (subject to hydrolysis) is 1. The predicted molar refractivity (Wildman–Crippen MR) is 80.9 cm³/mol. The molecule has 0 spiro atoms. The molecule has 0 radical (unpaired) electrons. The van der Waals surface area contributed by atoms with E-state index in [0.29, 0.717) is 5.01 Å². The molecule has 0 aliphatic carbocycles. The van der Waals surface area contributed by atoms with Gasteiger partial charge < -0.3 is 15.2 Å². The number of ether oxygens (including phenoxy) is 1. The summed E-state index contributed by atoms with van der Waals surface area (Å²) in [4.78, 5) is 27.6. The lowest BCUT2D eigenvalue weighted by Crippen LogP contribution is -2.32. The molecule has 21 heavy (non-hydrogen) atoms. The monoisotopic (exact) mass is 314 g/mol. The van der Waals surface area contributed by atoms with E-state index in [1.165, 1.54) is 11.3 Å². The summed E-state index contributed by atoms with van der Waals surface area (Å²) in [7, 11) is 0. The van der Waals surface area contributed by atoms with Gasteiger partial charge in [-0.25, -0.2) is 14.6 Å². The van der Waals surface area contributed by atoms with Crippen molar-refractivity contribution in [2.75, 3.05) is 0 Å². The Balaban J connectivity index is 2.77. The number of amides is 1. The van der Waals surface area contributed by atoms with Crippen LogP contribution in [0.2, 0.25) is 0 Å². The average molecular weight is 314 g/mol. The minimum Gasteiger partial charge on any atom is -0.476 e. The van der Waals surface area contributed by atoms with Crippen LogP contribution in [-0.4, -0.2) is 27.8 Å². The molecule has 0 aromatic carbocycles. The number of carboxylic acid groups (broad SMARTS) is 1. The molecule has 0 bridgehead atoms. The highest BCUT2D eigenvalue weighted by atomic mass is 32.1. The summed E-state index contributed by atoms with van der Waals surface area (Å²) in [6.07, 6.45) is 0.293. The molecule has 1 amide bonds. The molecule has 6 nitrogen and oxygen atoms in total. The van der Waals surface area contributed by atoms with Crippen LogP contribution in [0.4, 0.5) is 4.79 Å². The quantitative estimate of drug-likeness (QED) is 0.869. The third kappa shape index (κ3) is 5.34. The molecule has 1 rings (SSSR count). The van der Waals surface area contributed by atoms with Crippen molar-refractivity contribution in [1.82, 2.24) is 10.3 Å². The molecule has 1 aromatic heterocycles. The smallest absolute Gasteiger partial charge is 0.408 e. The van der Waals surface area contributed by atoms with Crippen molar-refractivity contribution >= 4 is 23.4 Å². The number of nitrogens with zero attached hydrogens (tertiary/aromatic N) is 1. The maximum Gasteiger partial charge on any atom is 0.408 e. The van der Waals surface area contributed by atoms with Crippen LogP contribution in [0.5, 0.6) is 0 Å². The van der Waals surface area contributed by atoms with Crippen molar-refractivity contribution in [3.8, 4) is 0 Å². The Labute approximate surface area is 128 Å². The fourth-order valence-corrected chi connectivity index (χ4v) is 2.72. The average Bonchev–Trinajstić information content (AvgIpc) is 2.77. The SMILES string of the molecule is CC[C@H](C)c1sc(CNC(=O)OC(C)(C)C)nc1C(=O)O. The van der Waals surface area contributed by atoms with Gasteiger partial charge in [0.1, 0.15) is 10.6 Å². The third-order valence-corrected chi connectivity index (χ3v) is 4.03. The zero-order chi connectivity index (χ0) is 16.2. The summed E-state index contributed by atoms with van der Waals surface area (Å²) in [6.45, 7) is 9.45. The predicted octanol–water partition coefficient (Wildman–Crippen LogP) is 3.38. The highest BCUT2D eigenvalue weighted by molar-refractivity contribution is 7.12. The maximum absolute atomic E-state index is 11.6. The second kappa shape index (κ2) is 6.89. The normalized spacial score (nSPS) is 12.8. The van der Waals surface area contributed by atoms with E-state index in [-0.39, 0.29) is 18.2 Å². The van der Waals surface area contributed by atoms with Gasteiger partial charge in [-0.05, 0) is 33.1 Å². The van der Waals surface area contributed by atoms with E-state index in [4.69, 9.17) is 4.74 Å². The number of thiazole rings is 1. The standard InChI is InChI=1S/C14H22N2O4S/c1-6-8(2)11-10(12(17)18)16-9(21-11)7-15-13(19)20-14(3,4)5/h8H,6-7H2,1-5H3,(H,15,19)(H,17,18)/t8-/m0/s1. The van der Waals surface area contributed by atoms with Crippen LogP contribution in [0.3, 0.4) is 0 Å². The number of aromatic carboxylic acids is 1. The Morgan fingerprint density at radius 3 is 2.52 bits per heavy atom. The van der Waals surface area contributed by atoms with Gasteiger partial charge in [-0.2, -0.15) is 0 Å². The minimum absolute atomic E-state index is 0.0790. The van der Waals surface area contributed by atoms with E-state index in [1.54, 1.807) is 20.8 Å². The first-order valence-corrected chi connectivity index (χ1v) is 7.65. The Morgan fingerprint density at radius 2 is 2.05 bits per heavy atom. The van der Waals surface area contributed by atoms with Gasteiger partial charge in [-0.3, -0.25) is 0 Å². The lowest BCUT2D eigenvalue weighted by Gasteiger charge is -2.19. The van der Waals surface area contributed by atoms with Crippen LogP contribution in [0, 0.1) is 0 Å². The van der Waals surface area contributed by atoms with Crippen LogP contribution in [0.15, 0.2) is 0 Å². The van der Waals surface area contributed by atoms with Gasteiger partial charge in [-0.15, -0.1) is 11.3 Å². The van der Waals surface area contributed by atoms with Crippen molar-refractivity contribution < 1.29 is 19.4 Å². The summed E-state index contributed by atoms with van der Waals surface area (Å²) < 4.78 is 5.12. The van der Waals surface area contributed by atoms with Gasteiger partial charge in [0.25, 0.3) is 0 Å². The molecule has 1 atom stereocenters. The number of aromatic nitrogens is 1. The molecular formula is C14H22N2O4S. The molecule has 1 heterocycles. The summed E-state index contributed by atoms with van der Waals surface area (Å²) in [6, 6.07) is 0. The van der Waals surface area contributed by atoms with Gasteiger partial charge >= 0.3 is 12.1 Å². The van der Waals surface area contributed by atoms with E-state index >= 15 is 0 Å². The Bertz CT molecular complexity index is 520. The van der Waals surface area contributed by atoms with Crippen LogP contribution < -0.4 is 5.32 Å². The summed E-state index contributed by atoms with van der Waals surface area (Å²) in [5.74, 6) is -0.908. The molecule has 1 aromatic rings. The van der Waals surface area contributed by atoms with E-state index in [1.807, 2.05) is 13.8 Å². The Hall–Kier alpha value is -1.63. The van der Waals surface area contributed by atoms with Crippen LogP contribution in [0.1, 0.15) is 67.3 Å². The zero-order valence-electron chi connectivity index (χ0n) is 13.0. The lowest BCUT2D eigenvalue weighted by molar-refractivity contribution is 0.0523.